The molecule has 0 heterocycles. The van der Waals surface area contributed by atoms with Crippen LogP contribution in [0, 0.1) is 6.92 Å². The first kappa shape index (κ1) is 12.3. The summed E-state index contributed by atoms with van der Waals surface area (Å²) >= 11 is 0. The monoisotopic (exact) mass is 196 g/mol. The Balaban J connectivity index is 3.41. The molecule has 77 valence electrons. The molecule has 0 aromatic heterocycles. The van der Waals surface area contributed by atoms with Gasteiger partial charge in [-0.1, -0.05) is 26.2 Å². The molecule has 0 unspecified atom stereocenters. The van der Waals surface area contributed by atoms with Gasteiger partial charge < -0.3 is 0 Å². The summed E-state index contributed by atoms with van der Waals surface area (Å²) in [5.41, 5.74) is 0. The Bertz CT molecular complexity index is 156. The van der Waals surface area contributed by atoms with E-state index in [1.807, 2.05) is 0 Å². The maximum absolute atomic E-state index is 11.5. The third kappa shape index (κ3) is 9.17. The second kappa shape index (κ2) is 5.83. The van der Waals surface area contributed by atoms with Gasteiger partial charge in [-0.15, -0.1) is 0 Å². The molecular weight excluding hydrogens is 183 g/mol. The Labute approximate surface area is 75.5 Å². The Hall–Kier alpha value is -0.740. The van der Waals surface area contributed by atoms with Crippen LogP contribution in [0.15, 0.2) is 0 Å². The fraction of sp³-hybridized carbons (Fsp3) is 0.750. The van der Waals surface area contributed by atoms with Crippen LogP contribution in [0.5, 0.6) is 0 Å². The number of nitrogens with one attached hydrogen (secondary N) is 1. The molecule has 0 saturated heterocycles. The number of halogens is 3. The molecular formula is C8H13F3NO. The van der Waals surface area contributed by atoms with Crippen LogP contribution in [0.2, 0.25) is 0 Å². The second-order valence-electron chi connectivity index (χ2n) is 2.71. The van der Waals surface area contributed by atoms with Crippen LogP contribution >= 0.6 is 0 Å². The van der Waals surface area contributed by atoms with Crippen molar-refractivity contribution in [1.29, 1.82) is 0 Å². The van der Waals surface area contributed by atoms with Gasteiger partial charge in [0.2, 0.25) is 5.91 Å². The lowest BCUT2D eigenvalue weighted by molar-refractivity contribution is -0.169. The van der Waals surface area contributed by atoms with Crippen molar-refractivity contribution in [2.45, 2.75) is 38.4 Å². The molecule has 13 heavy (non-hydrogen) atoms. The molecule has 0 atom stereocenters. The summed E-state index contributed by atoms with van der Waals surface area (Å²) in [6, 6.07) is 0. The highest BCUT2D eigenvalue weighted by Crippen LogP contribution is 2.10. The highest BCUT2D eigenvalue weighted by atomic mass is 19.4. The Morgan fingerprint density at radius 1 is 1.23 bits per heavy atom. The molecule has 0 aliphatic carbocycles. The largest absolute Gasteiger partial charge is 0.484 e. The van der Waals surface area contributed by atoms with Crippen molar-refractivity contribution in [2.24, 2.45) is 0 Å². The van der Waals surface area contributed by atoms with E-state index in [2.05, 4.69) is 6.92 Å². The number of carbonyl (C=O) groups excluding carboxylic acids is 1. The van der Waals surface area contributed by atoms with Crippen LogP contribution in [0.25, 0.3) is 0 Å². The minimum absolute atomic E-state index is 0.0699. The summed E-state index contributed by atoms with van der Waals surface area (Å²) in [6.07, 6.45) is -1.84. The zero-order chi connectivity index (χ0) is 10.3. The zero-order valence-electron chi connectivity index (χ0n) is 7.28. The molecule has 0 rings (SSSR count). The van der Waals surface area contributed by atoms with Crippen molar-refractivity contribution in [3.05, 3.63) is 6.92 Å². The van der Waals surface area contributed by atoms with Gasteiger partial charge in [-0.25, -0.2) is 0 Å². The van der Waals surface area contributed by atoms with Crippen molar-refractivity contribution >= 4 is 5.91 Å². The fourth-order valence-corrected chi connectivity index (χ4v) is 0.860. The molecule has 0 fully saturated rings. The third-order valence-corrected chi connectivity index (χ3v) is 1.43. The van der Waals surface area contributed by atoms with Crippen molar-refractivity contribution in [1.82, 2.24) is 5.32 Å². The lowest BCUT2D eigenvalue weighted by atomic mass is 10.1. The molecule has 0 aromatic carbocycles. The number of unbranched alkanes of at least 4 members (excludes halogenated alkanes) is 3. The molecule has 1 N–H and O–H groups in total. The minimum atomic E-state index is -4.59. The van der Waals surface area contributed by atoms with Crippen LogP contribution in [0.3, 0.4) is 0 Å². The van der Waals surface area contributed by atoms with E-state index in [1.165, 1.54) is 0 Å². The summed E-state index contributed by atoms with van der Waals surface area (Å²) in [7, 11) is 0. The van der Waals surface area contributed by atoms with E-state index < -0.39 is 12.2 Å². The minimum Gasteiger partial charge on any atom is -0.275 e. The van der Waals surface area contributed by atoms with Crippen molar-refractivity contribution in [2.75, 3.05) is 0 Å². The van der Waals surface area contributed by atoms with Crippen LogP contribution in [0.1, 0.15) is 32.1 Å². The smallest absolute Gasteiger partial charge is 0.275 e. The Kier molecular flexibility index (Phi) is 5.50. The standard InChI is InChI=1S/C8H13F3NO/c1-2-3-4-5-6-7(13)12-8(9,10)11/h1-6H2,(H,12,13). The van der Waals surface area contributed by atoms with Crippen molar-refractivity contribution in [3.63, 3.8) is 0 Å². The first-order valence-electron chi connectivity index (χ1n) is 4.12. The van der Waals surface area contributed by atoms with E-state index in [0.29, 0.717) is 6.42 Å². The maximum atomic E-state index is 11.5. The molecule has 1 amide bonds. The number of alkyl halides is 3. The Morgan fingerprint density at radius 3 is 2.31 bits per heavy atom. The van der Waals surface area contributed by atoms with E-state index in [4.69, 9.17) is 0 Å². The van der Waals surface area contributed by atoms with Crippen LogP contribution in [-0.4, -0.2) is 12.2 Å². The molecule has 0 aliphatic rings. The lowest BCUT2D eigenvalue weighted by Crippen LogP contribution is -2.36. The average molecular weight is 196 g/mol. The molecule has 2 nitrogen and oxygen atoms in total. The lowest BCUT2D eigenvalue weighted by Gasteiger charge is -2.07. The molecule has 0 spiro atoms. The average Bonchev–Trinajstić information content (AvgIpc) is 1.94. The van der Waals surface area contributed by atoms with E-state index in [1.54, 1.807) is 0 Å². The molecule has 0 saturated carbocycles. The van der Waals surface area contributed by atoms with E-state index in [-0.39, 0.29) is 6.42 Å². The van der Waals surface area contributed by atoms with Gasteiger partial charge in [-0.05, 0) is 6.42 Å². The van der Waals surface area contributed by atoms with Gasteiger partial charge in [0, 0.05) is 6.42 Å². The number of hydrogen-bond donors (Lipinski definition) is 1. The quantitative estimate of drug-likeness (QED) is 0.531. The molecule has 5 heteroatoms. The van der Waals surface area contributed by atoms with Crippen LogP contribution in [0.4, 0.5) is 13.2 Å². The third-order valence-electron chi connectivity index (χ3n) is 1.43. The number of amides is 1. The maximum Gasteiger partial charge on any atom is 0.484 e. The normalized spacial score (nSPS) is 11.4. The first-order chi connectivity index (χ1) is 5.95. The van der Waals surface area contributed by atoms with Crippen LogP contribution in [-0.2, 0) is 4.79 Å². The predicted octanol–water partition coefficient (Wildman–Crippen LogP) is 2.41. The number of rotatable bonds is 5. The fourth-order valence-electron chi connectivity index (χ4n) is 0.860. The van der Waals surface area contributed by atoms with Gasteiger partial charge >= 0.3 is 6.30 Å². The molecule has 0 aromatic rings. The number of carbonyl (C=O) groups is 1. The summed E-state index contributed by atoms with van der Waals surface area (Å²) in [5, 5.41) is 0.941. The van der Waals surface area contributed by atoms with Crippen LogP contribution < -0.4 is 5.32 Å². The topological polar surface area (TPSA) is 29.1 Å². The second-order valence-corrected chi connectivity index (χ2v) is 2.71. The number of hydrogen-bond acceptors (Lipinski definition) is 1. The van der Waals surface area contributed by atoms with E-state index in [9.17, 15) is 18.0 Å². The predicted molar refractivity (Wildman–Crippen MR) is 42.6 cm³/mol. The summed E-state index contributed by atoms with van der Waals surface area (Å²) in [4.78, 5) is 10.6. The van der Waals surface area contributed by atoms with Crippen molar-refractivity contribution < 1.29 is 18.0 Å². The summed E-state index contributed by atoms with van der Waals surface area (Å²) in [5.74, 6) is -0.962. The van der Waals surface area contributed by atoms with E-state index >= 15 is 0 Å². The van der Waals surface area contributed by atoms with Gasteiger partial charge in [0.25, 0.3) is 0 Å². The van der Waals surface area contributed by atoms with Gasteiger partial charge in [0.15, 0.2) is 0 Å². The zero-order valence-corrected chi connectivity index (χ0v) is 7.28. The SMILES string of the molecule is [CH2]CCCCCC(=O)NC(F)(F)F. The van der Waals surface area contributed by atoms with Gasteiger partial charge in [-0.2, -0.15) is 13.2 Å². The highest BCUT2D eigenvalue weighted by Gasteiger charge is 2.29. The summed E-state index contributed by atoms with van der Waals surface area (Å²) in [6.45, 7) is 3.58. The summed E-state index contributed by atoms with van der Waals surface area (Å²) < 4.78 is 34.6. The molecule has 1 radical (unpaired) electrons. The van der Waals surface area contributed by atoms with Gasteiger partial charge in [-0.3, -0.25) is 10.1 Å². The van der Waals surface area contributed by atoms with Gasteiger partial charge in [0.05, 0.1) is 0 Å². The Morgan fingerprint density at radius 2 is 1.85 bits per heavy atom. The van der Waals surface area contributed by atoms with Gasteiger partial charge in [0.1, 0.15) is 0 Å². The molecule has 0 aliphatic heterocycles. The van der Waals surface area contributed by atoms with Crippen molar-refractivity contribution in [3.8, 4) is 0 Å². The van der Waals surface area contributed by atoms with E-state index in [0.717, 1.165) is 24.6 Å². The highest BCUT2D eigenvalue weighted by molar-refractivity contribution is 5.76. The first-order valence-corrected chi connectivity index (χ1v) is 4.12. The molecule has 0 bridgehead atoms.